The summed E-state index contributed by atoms with van der Waals surface area (Å²) in [5.74, 6) is 5.11. The lowest BCUT2D eigenvalue weighted by molar-refractivity contribution is -0.0482. The molecule has 0 N–H and O–H groups in total. The summed E-state index contributed by atoms with van der Waals surface area (Å²) >= 11 is 0. The maximum atomic E-state index is 5.48. The minimum absolute atomic E-state index is 0.115. The summed E-state index contributed by atoms with van der Waals surface area (Å²) in [6.45, 7) is 6.56. The molecule has 0 radical (unpaired) electrons. The molecule has 0 aromatic carbocycles. The molecule has 1 saturated heterocycles. The molecule has 0 amide bonds. The molecule has 0 aromatic rings. The van der Waals surface area contributed by atoms with E-state index in [0.717, 1.165) is 49.2 Å². The molecule has 2 heteroatoms. The molecule has 0 aromatic heterocycles. The standard InChI is InChI=1S/C16H28O2/c1-11-12(2)15-10-14(11)9-13(15)5-3-4-6-16-17-7-8-18-16/h11-16H,3-10H2,1-2H3. The van der Waals surface area contributed by atoms with E-state index in [-0.39, 0.29) is 6.29 Å². The van der Waals surface area contributed by atoms with Crippen molar-refractivity contribution in [3.63, 3.8) is 0 Å². The van der Waals surface area contributed by atoms with Gasteiger partial charge in [0, 0.05) is 0 Å². The number of ether oxygens (including phenoxy) is 2. The fourth-order valence-electron chi connectivity index (χ4n) is 4.72. The highest BCUT2D eigenvalue weighted by atomic mass is 16.7. The van der Waals surface area contributed by atoms with Gasteiger partial charge in [0.2, 0.25) is 0 Å². The minimum atomic E-state index is 0.115. The average molecular weight is 252 g/mol. The second kappa shape index (κ2) is 5.50. The highest BCUT2D eigenvalue weighted by Gasteiger charge is 2.47. The zero-order valence-electron chi connectivity index (χ0n) is 11.9. The third-order valence-corrected chi connectivity index (χ3v) is 5.99. The van der Waals surface area contributed by atoms with Gasteiger partial charge < -0.3 is 9.47 Å². The quantitative estimate of drug-likeness (QED) is 0.692. The molecule has 2 bridgehead atoms. The Bertz CT molecular complexity index is 270. The van der Waals surface area contributed by atoms with Crippen LogP contribution in [0.15, 0.2) is 0 Å². The van der Waals surface area contributed by atoms with Crippen molar-refractivity contribution in [2.24, 2.45) is 29.6 Å². The first-order valence-corrected chi connectivity index (χ1v) is 7.99. The Balaban J connectivity index is 1.35. The molecule has 1 heterocycles. The monoisotopic (exact) mass is 252 g/mol. The molecule has 3 aliphatic rings. The van der Waals surface area contributed by atoms with Crippen molar-refractivity contribution >= 4 is 0 Å². The van der Waals surface area contributed by atoms with Gasteiger partial charge in [-0.15, -0.1) is 0 Å². The molecule has 2 saturated carbocycles. The van der Waals surface area contributed by atoms with Gasteiger partial charge in [-0.2, -0.15) is 0 Å². The molecule has 2 aliphatic carbocycles. The molecule has 1 aliphatic heterocycles. The second-order valence-electron chi connectivity index (χ2n) is 6.83. The molecule has 2 nitrogen and oxygen atoms in total. The molecule has 0 spiro atoms. The van der Waals surface area contributed by atoms with Gasteiger partial charge in [0.1, 0.15) is 0 Å². The van der Waals surface area contributed by atoms with E-state index in [1.165, 1.54) is 32.1 Å². The first-order valence-electron chi connectivity index (χ1n) is 7.99. The van der Waals surface area contributed by atoms with Crippen molar-refractivity contribution in [1.29, 1.82) is 0 Å². The first-order chi connectivity index (χ1) is 8.75. The predicted molar refractivity (Wildman–Crippen MR) is 72.2 cm³/mol. The van der Waals surface area contributed by atoms with E-state index in [2.05, 4.69) is 13.8 Å². The van der Waals surface area contributed by atoms with Crippen molar-refractivity contribution < 1.29 is 9.47 Å². The maximum Gasteiger partial charge on any atom is 0.157 e. The van der Waals surface area contributed by atoms with Crippen LogP contribution in [0.2, 0.25) is 0 Å². The van der Waals surface area contributed by atoms with Crippen LogP contribution in [-0.4, -0.2) is 19.5 Å². The Morgan fingerprint density at radius 3 is 2.28 bits per heavy atom. The topological polar surface area (TPSA) is 18.5 Å². The lowest BCUT2D eigenvalue weighted by Crippen LogP contribution is -2.24. The maximum absolute atomic E-state index is 5.48. The van der Waals surface area contributed by atoms with Crippen LogP contribution < -0.4 is 0 Å². The number of fused-ring (bicyclic) bond motifs is 2. The zero-order chi connectivity index (χ0) is 12.5. The summed E-state index contributed by atoms with van der Waals surface area (Å²) in [7, 11) is 0. The zero-order valence-corrected chi connectivity index (χ0v) is 11.9. The summed E-state index contributed by atoms with van der Waals surface area (Å²) in [5.41, 5.74) is 0. The molecule has 3 rings (SSSR count). The Labute approximate surface area is 111 Å². The average Bonchev–Trinajstić information content (AvgIpc) is 3.06. The Hall–Kier alpha value is -0.0800. The third kappa shape index (κ3) is 2.46. The highest BCUT2D eigenvalue weighted by molar-refractivity contribution is 4.97. The summed E-state index contributed by atoms with van der Waals surface area (Å²) in [6, 6.07) is 0. The molecule has 104 valence electrons. The van der Waals surface area contributed by atoms with E-state index < -0.39 is 0 Å². The highest BCUT2D eigenvalue weighted by Crippen LogP contribution is 2.56. The normalized spacial score (nSPS) is 44.0. The molecule has 5 unspecified atom stereocenters. The van der Waals surface area contributed by atoms with Crippen LogP contribution in [0.1, 0.15) is 52.4 Å². The van der Waals surface area contributed by atoms with Gasteiger partial charge in [0.25, 0.3) is 0 Å². The van der Waals surface area contributed by atoms with Crippen molar-refractivity contribution in [3.05, 3.63) is 0 Å². The number of hydrogen-bond donors (Lipinski definition) is 0. The van der Waals surface area contributed by atoms with Crippen LogP contribution in [0.3, 0.4) is 0 Å². The van der Waals surface area contributed by atoms with Crippen LogP contribution in [0, 0.1) is 29.6 Å². The Kier molecular flexibility index (Phi) is 3.95. The lowest BCUT2D eigenvalue weighted by Gasteiger charge is -2.31. The summed E-state index contributed by atoms with van der Waals surface area (Å²) in [4.78, 5) is 0. The van der Waals surface area contributed by atoms with Crippen molar-refractivity contribution in [1.82, 2.24) is 0 Å². The SMILES string of the molecule is CC1C2CC(CCCCC3OCCO3)C(C2)C1C. The predicted octanol–water partition coefficient (Wildman–Crippen LogP) is 3.85. The Morgan fingerprint density at radius 1 is 0.889 bits per heavy atom. The van der Waals surface area contributed by atoms with E-state index in [4.69, 9.17) is 9.47 Å². The van der Waals surface area contributed by atoms with Crippen LogP contribution in [0.4, 0.5) is 0 Å². The van der Waals surface area contributed by atoms with Gasteiger partial charge in [-0.1, -0.05) is 26.7 Å². The van der Waals surface area contributed by atoms with Crippen molar-refractivity contribution in [2.45, 2.75) is 58.7 Å². The van der Waals surface area contributed by atoms with Gasteiger partial charge in [-0.25, -0.2) is 0 Å². The van der Waals surface area contributed by atoms with Crippen molar-refractivity contribution in [3.8, 4) is 0 Å². The Morgan fingerprint density at radius 2 is 1.61 bits per heavy atom. The second-order valence-corrected chi connectivity index (χ2v) is 6.83. The van der Waals surface area contributed by atoms with Gasteiger partial charge in [0.15, 0.2) is 6.29 Å². The number of unbranched alkanes of at least 4 members (excludes halogenated alkanes) is 1. The van der Waals surface area contributed by atoms with E-state index in [0.29, 0.717) is 0 Å². The van der Waals surface area contributed by atoms with Gasteiger partial charge >= 0.3 is 0 Å². The van der Waals surface area contributed by atoms with E-state index in [9.17, 15) is 0 Å². The van der Waals surface area contributed by atoms with Gasteiger partial charge in [-0.3, -0.25) is 0 Å². The number of rotatable bonds is 5. The van der Waals surface area contributed by atoms with E-state index >= 15 is 0 Å². The summed E-state index contributed by atoms with van der Waals surface area (Å²) in [5, 5.41) is 0. The summed E-state index contributed by atoms with van der Waals surface area (Å²) < 4.78 is 11.0. The fourth-order valence-corrected chi connectivity index (χ4v) is 4.72. The van der Waals surface area contributed by atoms with Gasteiger partial charge in [0.05, 0.1) is 13.2 Å². The van der Waals surface area contributed by atoms with Crippen LogP contribution in [0.5, 0.6) is 0 Å². The molecule has 18 heavy (non-hydrogen) atoms. The smallest absolute Gasteiger partial charge is 0.157 e. The molecule has 5 atom stereocenters. The van der Waals surface area contributed by atoms with E-state index in [1.54, 1.807) is 0 Å². The van der Waals surface area contributed by atoms with Crippen LogP contribution in [0.25, 0.3) is 0 Å². The number of hydrogen-bond acceptors (Lipinski definition) is 2. The lowest BCUT2D eigenvalue weighted by atomic mass is 9.74. The van der Waals surface area contributed by atoms with E-state index in [1.807, 2.05) is 0 Å². The largest absolute Gasteiger partial charge is 0.350 e. The third-order valence-electron chi connectivity index (χ3n) is 5.99. The van der Waals surface area contributed by atoms with Crippen molar-refractivity contribution in [2.75, 3.05) is 13.2 Å². The van der Waals surface area contributed by atoms with Crippen LogP contribution >= 0.6 is 0 Å². The van der Waals surface area contributed by atoms with Crippen LogP contribution in [-0.2, 0) is 9.47 Å². The fraction of sp³-hybridized carbons (Fsp3) is 1.00. The van der Waals surface area contributed by atoms with Gasteiger partial charge in [-0.05, 0) is 55.3 Å². The first kappa shape index (κ1) is 12.9. The summed E-state index contributed by atoms with van der Waals surface area (Å²) in [6.07, 6.45) is 8.37. The molecule has 3 fully saturated rings. The molecular formula is C16H28O2. The molecular weight excluding hydrogens is 224 g/mol. The minimum Gasteiger partial charge on any atom is -0.350 e.